The molecule has 1 amide bonds. The predicted molar refractivity (Wildman–Crippen MR) is 89.5 cm³/mol. The summed E-state index contributed by atoms with van der Waals surface area (Å²) in [5.74, 6) is 0.255. The second-order valence-electron chi connectivity index (χ2n) is 7.27. The van der Waals surface area contributed by atoms with E-state index in [4.69, 9.17) is 16.3 Å². The van der Waals surface area contributed by atoms with Crippen molar-refractivity contribution in [3.63, 3.8) is 0 Å². The molecule has 0 bridgehead atoms. The number of rotatable bonds is 4. The molecular formula is C18H22ClFN2O2. The third-order valence-electron chi connectivity index (χ3n) is 5.24. The summed E-state index contributed by atoms with van der Waals surface area (Å²) in [6, 6.07) is 4.80. The summed E-state index contributed by atoms with van der Waals surface area (Å²) in [6.07, 6.45) is 4.04. The number of carbonyl (C=O) groups excluding carboxylic acids is 1. The zero-order valence-corrected chi connectivity index (χ0v) is 14.3. The zero-order chi connectivity index (χ0) is 16.7. The van der Waals surface area contributed by atoms with Gasteiger partial charge < -0.3 is 10.1 Å². The maximum Gasteiger partial charge on any atom is 0.224 e. The van der Waals surface area contributed by atoms with Crippen molar-refractivity contribution < 1.29 is 13.9 Å². The second-order valence-corrected chi connectivity index (χ2v) is 7.71. The highest BCUT2D eigenvalue weighted by Gasteiger charge is 2.42. The fourth-order valence-corrected chi connectivity index (χ4v) is 4.18. The van der Waals surface area contributed by atoms with Crippen LogP contribution in [0.2, 0.25) is 5.02 Å². The second kappa shape index (κ2) is 6.62. The van der Waals surface area contributed by atoms with Gasteiger partial charge in [0.1, 0.15) is 5.82 Å². The number of fused-ring (bicyclic) bond motifs is 1. The van der Waals surface area contributed by atoms with E-state index in [-0.39, 0.29) is 18.4 Å². The molecule has 0 unspecified atom stereocenters. The van der Waals surface area contributed by atoms with E-state index >= 15 is 0 Å². The predicted octanol–water partition coefficient (Wildman–Crippen LogP) is 2.39. The van der Waals surface area contributed by atoms with Crippen molar-refractivity contribution in [3.8, 4) is 0 Å². The third-order valence-corrected chi connectivity index (χ3v) is 5.46. The lowest BCUT2D eigenvalue weighted by molar-refractivity contribution is -0.121. The number of morpholine rings is 1. The number of hydrogen-bond donors (Lipinski definition) is 1. The van der Waals surface area contributed by atoms with Gasteiger partial charge in [0, 0.05) is 30.2 Å². The molecule has 4 rings (SSSR count). The normalized spacial score (nSPS) is 30.2. The van der Waals surface area contributed by atoms with Crippen molar-refractivity contribution in [2.45, 2.75) is 43.9 Å². The molecule has 130 valence electrons. The topological polar surface area (TPSA) is 41.6 Å². The highest BCUT2D eigenvalue weighted by molar-refractivity contribution is 6.30. The molecule has 2 aliphatic heterocycles. The van der Waals surface area contributed by atoms with Crippen LogP contribution in [0.5, 0.6) is 0 Å². The fourth-order valence-electron chi connectivity index (χ4n) is 3.93. The summed E-state index contributed by atoms with van der Waals surface area (Å²) < 4.78 is 19.3. The van der Waals surface area contributed by atoms with Crippen LogP contribution in [0.3, 0.4) is 0 Å². The molecular weight excluding hydrogens is 331 g/mol. The van der Waals surface area contributed by atoms with Crippen LogP contribution in [-0.4, -0.2) is 48.7 Å². The van der Waals surface area contributed by atoms with Crippen LogP contribution in [0, 0.1) is 11.7 Å². The maximum absolute atomic E-state index is 13.4. The molecule has 24 heavy (non-hydrogen) atoms. The highest BCUT2D eigenvalue weighted by atomic mass is 35.5. The molecule has 3 aliphatic rings. The van der Waals surface area contributed by atoms with Gasteiger partial charge in [0.15, 0.2) is 0 Å². The van der Waals surface area contributed by atoms with Crippen molar-refractivity contribution >= 4 is 17.5 Å². The van der Waals surface area contributed by atoms with Crippen LogP contribution in [0.4, 0.5) is 4.39 Å². The molecule has 0 spiro atoms. The van der Waals surface area contributed by atoms with Crippen molar-refractivity contribution in [1.29, 1.82) is 0 Å². The Labute approximate surface area is 146 Å². The van der Waals surface area contributed by atoms with E-state index in [2.05, 4.69) is 10.2 Å². The largest absolute Gasteiger partial charge is 0.375 e. The lowest BCUT2D eigenvalue weighted by Crippen LogP contribution is -2.47. The Bertz CT molecular complexity index is 617. The smallest absolute Gasteiger partial charge is 0.224 e. The van der Waals surface area contributed by atoms with Gasteiger partial charge >= 0.3 is 0 Å². The Balaban J connectivity index is 1.30. The van der Waals surface area contributed by atoms with Gasteiger partial charge in [-0.25, -0.2) is 4.39 Å². The number of hydrogen-bond acceptors (Lipinski definition) is 3. The van der Waals surface area contributed by atoms with E-state index in [0.29, 0.717) is 22.7 Å². The van der Waals surface area contributed by atoms with Crippen LogP contribution in [-0.2, 0) is 16.0 Å². The van der Waals surface area contributed by atoms with Gasteiger partial charge in [-0.3, -0.25) is 9.69 Å². The molecule has 4 nitrogen and oxygen atoms in total. The average molecular weight is 353 g/mol. The number of nitrogens with zero attached hydrogens (tertiary/aromatic N) is 1. The lowest BCUT2D eigenvalue weighted by atomic mass is 10.1. The van der Waals surface area contributed by atoms with Crippen LogP contribution in [0.1, 0.15) is 24.8 Å². The third kappa shape index (κ3) is 3.73. The van der Waals surface area contributed by atoms with Gasteiger partial charge in [-0.1, -0.05) is 11.6 Å². The number of amides is 1. The van der Waals surface area contributed by atoms with Crippen molar-refractivity contribution in [1.82, 2.24) is 10.2 Å². The zero-order valence-electron chi connectivity index (χ0n) is 13.5. The molecule has 1 N–H and O–H groups in total. The summed E-state index contributed by atoms with van der Waals surface area (Å²) in [7, 11) is 0. The first-order chi connectivity index (χ1) is 11.6. The van der Waals surface area contributed by atoms with Gasteiger partial charge in [0.25, 0.3) is 0 Å². The van der Waals surface area contributed by atoms with Crippen LogP contribution < -0.4 is 5.32 Å². The molecule has 1 aliphatic carbocycles. The molecule has 2 saturated heterocycles. The highest BCUT2D eigenvalue weighted by Crippen LogP contribution is 2.37. The van der Waals surface area contributed by atoms with Gasteiger partial charge in [-0.15, -0.1) is 0 Å². The minimum absolute atomic E-state index is 0.0822. The number of ether oxygens (including phenoxy) is 1. The Morgan fingerprint density at radius 2 is 2.17 bits per heavy atom. The van der Waals surface area contributed by atoms with Gasteiger partial charge in [-0.05, 0) is 48.9 Å². The fraction of sp³-hybridized carbons (Fsp3) is 0.611. The molecule has 1 aromatic carbocycles. The van der Waals surface area contributed by atoms with Gasteiger partial charge in [0.05, 0.1) is 19.1 Å². The number of carbonyl (C=O) groups is 1. The Kier molecular flexibility index (Phi) is 4.50. The molecule has 0 aromatic heterocycles. The molecule has 6 heteroatoms. The summed E-state index contributed by atoms with van der Waals surface area (Å²) in [5.41, 5.74) is 0.602. The molecule has 0 radical (unpaired) electrons. The van der Waals surface area contributed by atoms with Crippen molar-refractivity contribution in [2.75, 3.05) is 19.7 Å². The van der Waals surface area contributed by atoms with E-state index in [9.17, 15) is 9.18 Å². The monoisotopic (exact) mass is 352 g/mol. The summed E-state index contributed by atoms with van der Waals surface area (Å²) >= 11 is 5.84. The minimum atomic E-state index is -0.411. The standard InChI is InChI=1S/C18H22ClFN2O2/c19-13-3-11(4-14(20)6-13)5-18(23)21-15-7-16-10-24-17(12-1-2-12)9-22(16)8-15/h3-4,6,12,15-17H,1-2,5,7-10H2,(H,21,23)/t15-,16-,17+/m0/s1. The van der Waals surface area contributed by atoms with Crippen LogP contribution in [0.25, 0.3) is 0 Å². The van der Waals surface area contributed by atoms with Gasteiger partial charge in [-0.2, -0.15) is 0 Å². The molecule has 1 saturated carbocycles. The Morgan fingerprint density at radius 3 is 2.92 bits per heavy atom. The van der Waals surface area contributed by atoms with E-state index in [1.807, 2.05) is 0 Å². The van der Waals surface area contributed by atoms with Crippen molar-refractivity contribution in [2.24, 2.45) is 5.92 Å². The quantitative estimate of drug-likeness (QED) is 0.904. The summed E-state index contributed by atoms with van der Waals surface area (Å²) in [6.45, 7) is 2.64. The first-order valence-electron chi connectivity index (χ1n) is 8.67. The maximum atomic E-state index is 13.4. The molecule has 2 heterocycles. The van der Waals surface area contributed by atoms with E-state index in [1.54, 1.807) is 6.07 Å². The first kappa shape index (κ1) is 16.3. The number of nitrogens with one attached hydrogen (secondary N) is 1. The minimum Gasteiger partial charge on any atom is -0.375 e. The van der Waals surface area contributed by atoms with Gasteiger partial charge in [0.2, 0.25) is 5.91 Å². The first-order valence-corrected chi connectivity index (χ1v) is 9.04. The number of halogens is 2. The molecule has 3 atom stereocenters. The van der Waals surface area contributed by atoms with E-state index < -0.39 is 5.82 Å². The number of benzene rings is 1. The Hall–Kier alpha value is -1.17. The lowest BCUT2D eigenvalue weighted by Gasteiger charge is -2.35. The average Bonchev–Trinajstić information content (AvgIpc) is 3.26. The molecule has 3 fully saturated rings. The Morgan fingerprint density at radius 1 is 1.33 bits per heavy atom. The van der Waals surface area contributed by atoms with E-state index in [1.165, 1.54) is 25.0 Å². The van der Waals surface area contributed by atoms with Crippen molar-refractivity contribution in [3.05, 3.63) is 34.6 Å². The summed E-state index contributed by atoms with van der Waals surface area (Å²) in [4.78, 5) is 14.7. The SMILES string of the molecule is O=C(Cc1cc(F)cc(Cl)c1)N[C@H]1C[C@H]2CO[C@@H](C3CC3)CN2C1. The van der Waals surface area contributed by atoms with E-state index in [0.717, 1.165) is 32.0 Å². The molecule has 1 aromatic rings. The summed E-state index contributed by atoms with van der Waals surface area (Å²) in [5, 5.41) is 3.40. The van der Waals surface area contributed by atoms with Crippen LogP contribution >= 0.6 is 11.6 Å². The van der Waals surface area contributed by atoms with Crippen LogP contribution in [0.15, 0.2) is 18.2 Å².